The average molecular weight is 419 g/mol. The Hall–Kier alpha value is -3.39. The second-order valence-electron chi connectivity index (χ2n) is 8.43. The van der Waals surface area contributed by atoms with Crippen LogP contribution >= 0.6 is 0 Å². The largest absolute Gasteiger partial charge is 0.379 e. The fraction of sp³-hybridized carbons (Fsp3) is 0.348. The minimum absolute atomic E-state index is 0.150. The van der Waals surface area contributed by atoms with Crippen LogP contribution in [-0.2, 0) is 22.7 Å². The molecule has 2 aromatic carbocycles. The van der Waals surface area contributed by atoms with E-state index in [0.29, 0.717) is 25.1 Å². The van der Waals surface area contributed by atoms with Gasteiger partial charge >= 0.3 is 0 Å². The Balaban J connectivity index is 1.28. The van der Waals surface area contributed by atoms with Gasteiger partial charge in [-0.1, -0.05) is 24.3 Å². The number of anilines is 2. The summed E-state index contributed by atoms with van der Waals surface area (Å²) in [6, 6.07) is 13.6. The molecule has 1 atom stereocenters. The van der Waals surface area contributed by atoms with Gasteiger partial charge in [-0.25, -0.2) is 0 Å². The van der Waals surface area contributed by atoms with Crippen molar-refractivity contribution in [2.45, 2.75) is 38.0 Å². The summed E-state index contributed by atoms with van der Waals surface area (Å²) in [6.07, 6.45) is 0.628. The number of carbonyl (C=O) groups excluding carboxylic acids is 3. The highest BCUT2D eigenvalue weighted by molar-refractivity contribution is 6.05. The lowest BCUT2D eigenvalue weighted by Crippen LogP contribution is -2.56. The molecule has 4 N–H and O–H groups in total. The molecule has 5 rings (SSSR count). The van der Waals surface area contributed by atoms with Crippen molar-refractivity contribution in [1.82, 2.24) is 10.2 Å². The van der Waals surface area contributed by atoms with Crippen LogP contribution in [0.25, 0.3) is 0 Å². The van der Waals surface area contributed by atoms with E-state index in [9.17, 15) is 14.4 Å². The zero-order valence-electron chi connectivity index (χ0n) is 17.1. The number of nitrogens with one attached hydrogen (secondary N) is 2. The lowest BCUT2D eigenvalue weighted by Gasteiger charge is -2.39. The monoisotopic (exact) mass is 419 g/mol. The molecule has 2 saturated heterocycles. The number of piperidine rings is 1. The third kappa shape index (κ3) is 3.63. The van der Waals surface area contributed by atoms with Crippen LogP contribution < -0.4 is 21.3 Å². The molecular formula is C23H25N5O3. The maximum absolute atomic E-state index is 12.8. The van der Waals surface area contributed by atoms with E-state index in [4.69, 9.17) is 5.73 Å². The van der Waals surface area contributed by atoms with E-state index in [0.717, 1.165) is 35.6 Å². The summed E-state index contributed by atoms with van der Waals surface area (Å²) in [7, 11) is 0. The van der Waals surface area contributed by atoms with E-state index >= 15 is 0 Å². The summed E-state index contributed by atoms with van der Waals surface area (Å²) in [5, 5.41) is 5.84. The van der Waals surface area contributed by atoms with E-state index in [2.05, 4.69) is 27.7 Å². The van der Waals surface area contributed by atoms with Gasteiger partial charge in [0, 0.05) is 44.2 Å². The molecule has 0 radical (unpaired) electrons. The number of carbonyl (C=O) groups is 3. The Morgan fingerprint density at radius 2 is 1.90 bits per heavy atom. The van der Waals surface area contributed by atoms with Gasteiger partial charge in [0.15, 0.2) is 0 Å². The fourth-order valence-electron chi connectivity index (χ4n) is 4.54. The molecule has 1 unspecified atom stereocenters. The first kappa shape index (κ1) is 19.6. The lowest BCUT2D eigenvalue weighted by molar-refractivity contribution is -0.136. The first-order valence-electron chi connectivity index (χ1n) is 10.6. The Bertz CT molecular complexity index is 1060. The third-order valence-corrected chi connectivity index (χ3v) is 6.23. The van der Waals surface area contributed by atoms with Crippen LogP contribution in [0.5, 0.6) is 0 Å². The van der Waals surface area contributed by atoms with Gasteiger partial charge in [0.1, 0.15) is 6.04 Å². The minimum atomic E-state index is -0.589. The molecule has 160 valence electrons. The van der Waals surface area contributed by atoms with Crippen LogP contribution in [0.15, 0.2) is 42.5 Å². The first-order valence-corrected chi connectivity index (χ1v) is 10.6. The number of nitrogens with zero attached hydrogens (tertiary/aromatic N) is 2. The van der Waals surface area contributed by atoms with E-state index < -0.39 is 6.04 Å². The van der Waals surface area contributed by atoms with Crippen LogP contribution in [0, 0.1) is 0 Å². The van der Waals surface area contributed by atoms with Gasteiger partial charge in [-0.05, 0) is 35.7 Å². The second-order valence-corrected chi connectivity index (χ2v) is 8.43. The number of rotatable bonds is 5. The second kappa shape index (κ2) is 7.70. The summed E-state index contributed by atoms with van der Waals surface area (Å²) in [5.74, 6) is -0.815. The van der Waals surface area contributed by atoms with Crippen molar-refractivity contribution in [3.05, 3.63) is 59.2 Å². The molecule has 2 aromatic rings. The zero-order chi connectivity index (χ0) is 21.5. The highest BCUT2D eigenvalue weighted by Gasteiger charge is 2.39. The maximum Gasteiger partial charge on any atom is 0.255 e. The van der Waals surface area contributed by atoms with Crippen LogP contribution in [0.4, 0.5) is 11.4 Å². The van der Waals surface area contributed by atoms with Crippen LogP contribution in [0.2, 0.25) is 0 Å². The standard InChI is InChI=1S/C23H25N5O3/c24-16-12-27(13-16)19-4-2-1-3-18(19)25-10-14-5-6-17-15(9-14)11-28(23(17)31)20-7-8-21(29)26-22(20)30/h1-6,9,16,20,25H,7-8,10-13,24H2,(H,26,29,30). The number of para-hydroxylation sites is 2. The van der Waals surface area contributed by atoms with Gasteiger partial charge in [-0.3, -0.25) is 19.7 Å². The van der Waals surface area contributed by atoms with Gasteiger partial charge in [-0.2, -0.15) is 0 Å². The molecule has 8 nitrogen and oxygen atoms in total. The number of fused-ring (bicyclic) bond motifs is 1. The van der Waals surface area contributed by atoms with E-state index in [1.54, 1.807) is 4.90 Å². The summed E-state index contributed by atoms with van der Waals surface area (Å²) >= 11 is 0. The van der Waals surface area contributed by atoms with Gasteiger partial charge in [0.25, 0.3) is 5.91 Å². The topological polar surface area (TPSA) is 108 Å². The Morgan fingerprint density at radius 1 is 1.10 bits per heavy atom. The zero-order valence-corrected chi connectivity index (χ0v) is 17.1. The van der Waals surface area contributed by atoms with Crippen molar-refractivity contribution in [2.75, 3.05) is 23.3 Å². The highest BCUT2D eigenvalue weighted by Crippen LogP contribution is 2.31. The van der Waals surface area contributed by atoms with Gasteiger partial charge in [-0.15, -0.1) is 0 Å². The SMILES string of the molecule is NC1CN(c2ccccc2NCc2ccc3c(c2)CN(C2CCC(=O)NC2=O)C3=O)C1. The summed E-state index contributed by atoms with van der Waals surface area (Å²) in [6.45, 7) is 2.72. The Morgan fingerprint density at radius 3 is 2.68 bits per heavy atom. The molecule has 2 fully saturated rings. The molecule has 0 aliphatic carbocycles. The van der Waals surface area contributed by atoms with Crippen molar-refractivity contribution in [3.63, 3.8) is 0 Å². The number of hydrogen-bond donors (Lipinski definition) is 3. The van der Waals surface area contributed by atoms with Crippen molar-refractivity contribution >= 4 is 29.1 Å². The van der Waals surface area contributed by atoms with Gasteiger partial charge in [0.05, 0.1) is 11.4 Å². The number of imide groups is 1. The van der Waals surface area contributed by atoms with Crippen molar-refractivity contribution < 1.29 is 14.4 Å². The van der Waals surface area contributed by atoms with Crippen molar-refractivity contribution in [2.24, 2.45) is 5.73 Å². The molecule has 3 aliphatic heterocycles. The molecule has 0 bridgehead atoms. The predicted octanol–water partition coefficient (Wildman–Crippen LogP) is 1.21. The molecule has 3 heterocycles. The van der Waals surface area contributed by atoms with Crippen molar-refractivity contribution in [3.8, 4) is 0 Å². The third-order valence-electron chi connectivity index (χ3n) is 6.23. The summed E-state index contributed by atoms with van der Waals surface area (Å²) in [5.41, 5.74) is 10.7. The normalized spacial score (nSPS) is 21.1. The molecule has 0 spiro atoms. The maximum atomic E-state index is 12.8. The van der Waals surface area contributed by atoms with E-state index in [1.807, 2.05) is 30.3 Å². The smallest absolute Gasteiger partial charge is 0.255 e. The molecule has 0 aromatic heterocycles. The fourth-order valence-corrected chi connectivity index (χ4v) is 4.54. The number of nitrogens with two attached hydrogens (primary N) is 1. The molecule has 3 aliphatic rings. The van der Waals surface area contributed by atoms with Crippen molar-refractivity contribution in [1.29, 1.82) is 0 Å². The average Bonchev–Trinajstić information content (AvgIpc) is 3.06. The first-order chi connectivity index (χ1) is 15.0. The van der Waals surface area contributed by atoms with Crippen LogP contribution in [0.1, 0.15) is 34.3 Å². The predicted molar refractivity (Wildman–Crippen MR) is 116 cm³/mol. The van der Waals surface area contributed by atoms with Crippen LogP contribution in [0.3, 0.4) is 0 Å². The Labute approximate surface area is 180 Å². The lowest BCUT2D eigenvalue weighted by atomic mass is 10.0. The van der Waals surface area contributed by atoms with Crippen LogP contribution in [-0.4, -0.2) is 47.8 Å². The molecule has 8 heteroatoms. The number of benzene rings is 2. The van der Waals surface area contributed by atoms with E-state index in [1.165, 1.54) is 0 Å². The quantitative estimate of drug-likeness (QED) is 0.629. The minimum Gasteiger partial charge on any atom is -0.379 e. The Kier molecular flexibility index (Phi) is 4.86. The molecule has 31 heavy (non-hydrogen) atoms. The number of amides is 3. The summed E-state index contributed by atoms with van der Waals surface area (Å²) < 4.78 is 0. The molecule has 0 saturated carbocycles. The summed E-state index contributed by atoms with van der Waals surface area (Å²) in [4.78, 5) is 40.3. The van der Waals surface area contributed by atoms with Gasteiger partial charge < -0.3 is 20.9 Å². The molecular weight excluding hydrogens is 394 g/mol. The molecule has 3 amide bonds. The van der Waals surface area contributed by atoms with Gasteiger partial charge in [0.2, 0.25) is 11.8 Å². The highest BCUT2D eigenvalue weighted by atomic mass is 16.2. The van der Waals surface area contributed by atoms with E-state index in [-0.39, 0.29) is 30.2 Å². The number of hydrogen-bond acceptors (Lipinski definition) is 6.